The zero-order valence-electron chi connectivity index (χ0n) is 10.3. The molecule has 0 aliphatic heterocycles. The first-order valence-electron chi connectivity index (χ1n) is 5.52. The number of nitrogens with one attached hydrogen (secondary N) is 1. The fraction of sp³-hybridized carbons (Fsp3) is 0. The molecular weight excluding hydrogens is 384 g/mol. The highest BCUT2D eigenvalue weighted by Gasteiger charge is 2.21. The molecule has 2 aromatic rings. The molecule has 0 radical (unpaired) electrons. The Bertz CT molecular complexity index is 811. The van der Waals surface area contributed by atoms with Crippen LogP contribution in [-0.2, 0) is 10.0 Å². The molecule has 2 rings (SSSR count). The van der Waals surface area contributed by atoms with Gasteiger partial charge in [-0.3, -0.25) is 14.8 Å². The summed E-state index contributed by atoms with van der Waals surface area (Å²) in [5.74, 6) is 0. The molecule has 0 bridgehead atoms. The van der Waals surface area contributed by atoms with E-state index in [1.54, 1.807) is 24.3 Å². The standard InChI is InChI=1S/C12H8BrClN2O4S/c13-9-3-1-2-4-11(9)15-21(19,20)8-5-6-10(14)12(7-8)16(17)18/h1-7,15H. The Balaban J connectivity index is 2.43. The quantitative estimate of drug-likeness (QED) is 0.634. The monoisotopic (exact) mass is 390 g/mol. The van der Waals surface area contributed by atoms with Crippen LogP contribution in [0.5, 0.6) is 0 Å². The van der Waals surface area contributed by atoms with Crippen molar-refractivity contribution in [3.63, 3.8) is 0 Å². The molecule has 21 heavy (non-hydrogen) atoms. The molecule has 0 spiro atoms. The predicted molar refractivity (Wildman–Crippen MR) is 83.1 cm³/mol. The second-order valence-electron chi connectivity index (χ2n) is 3.96. The molecular formula is C12H8BrClN2O4S. The van der Waals surface area contributed by atoms with Crippen LogP contribution in [0.1, 0.15) is 0 Å². The van der Waals surface area contributed by atoms with Gasteiger partial charge in [-0.1, -0.05) is 23.7 Å². The molecule has 0 aliphatic carbocycles. The van der Waals surface area contributed by atoms with Crippen molar-refractivity contribution in [3.05, 3.63) is 62.1 Å². The molecule has 0 aromatic heterocycles. The van der Waals surface area contributed by atoms with Crippen molar-refractivity contribution in [3.8, 4) is 0 Å². The van der Waals surface area contributed by atoms with Gasteiger partial charge in [0, 0.05) is 10.5 Å². The average Bonchev–Trinajstić information content (AvgIpc) is 2.41. The number of nitro benzene ring substituents is 1. The first-order chi connectivity index (χ1) is 9.81. The van der Waals surface area contributed by atoms with E-state index in [2.05, 4.69) is 20.7 Å². The molecule has 0 fully saturated rings. The molecule has 0 aliphatic rings. The number of nitro groups is 1. The van der Waals surface area contributed by atoms with E-state index in [-0.39, 0.29) is 9.92 Å². The van der Waals surface area contributed by atoms with Gasteiger partial charge in [-0.15, -0.1) is 0 Å². The maximum absolute atomic E-state index is 12.2. The van der Waals surface area contributed by atoms with Crippen LogP contribution in [0.3, 0.4) is 0 Å². The number of nitrogens with zero attached hydrogens (tertiary/aromatic N) is 1. The van der Waals surface area contributed by atoms with E-state index in [0.717, 1.165) is 6.07 Å². The molecule has 0 heterocycles. The second kappa shape index (κ2) is 6.00. The number of hydrogen-bond donors (Lipinski definition) is 1. The van der Waals surface area contributed by atoms with E-state index < -0.39 is 20.6 Å². The van der Waals surface area contributed by atoms with Crippen molar-refractivity contribution in [2.75, 3.05) is 4.72 Å². The zero-order valence-corrected chi connectivity index (χ0v) is 13.4. The van der Waals surface area contributed by atoms with Crippen molar-refractivity contribution < 1.29 is 13.3 Å². The Morgan fingerprint density at radius 2 is 1.86 bits per heavy atom. The van der Waals surface area contributed by atoms with Crippen LogP contribution >= 0.6 is 27.5 Å². The minimum Gasteiger partial charge on any atom is -0.278 e. The molecule has 1 N–H and O–H groups in total. The van der Waals surface area contributed by atoms with Crippen LogP contribution < -0.4 is 4.72 Å². The second-order valence-corrected chi connectivity index (χ2v) is 6.90. The van der Waals surface area contributed by atoms with Gasteiger partial charge in [0.2, 0.25) is 0 Å². The number of hydrogen-bond acceptors (Lipinski definition) is 4. The molecule has 2 aromatic carbocycles. The molecule has 0 atom stereocenters. The highest BCUT2D eigenvalue weighted by atomic mass is 79.9. The fourth-order valence-corrected chi connectivity index (χ4v) is 3.35. The van der Waals surface area contributed by atoms with Crippen molar-refractivity contribution >= 4 is 48.9 Å². The number of benzene rings is 2. The predicted octanol–water partition coefficient (Wildman–Crippen LogP) is 3.81. The number of halogens is 2. The fourth-order valence-electron chi connectivity index (χ4n) is 1.55. The molecule has 6 nitrogen and oxygen atoms in total. The van der Waals surface area contributed by atoms with E-state index >= 15 is 0 Å². The van der Waals surface area contributed by atoms with Crippen LogP contribution in [-0.4, -0.2) is 13.3 Å². The number of para-hydroxylation sites is 1. The Hall–Kier alpha value is -1.64. The van der Waals surface area contributed by atoms with E-state index in [4.69, 9.17) is 11.6 Å². The SMILES string of the molecule is O=[N+]([O-])c1cc(S(=O)(=O)Nc2ccccc2Br)ccc1Cl. The molecule has 9 heteroatoms. The van der Waals surface area contributed by atoms with Crippen LogP contribution in [0.15, 0.2) is 51.8 Å². The Morgan fingerprint density at radius 1 is 1.19 bits per heavy atom. The lowest BCUT2D eigenvalue weighted by atomic mass is 10.3. The summed E-state index contributed by atoms with van der Waals surface area (Å²) in [6, 6.07) is 9.92. The Morgan fingerprint density at radius 3 is 2.48 bits per heavy atom. The summed E-state index contributed by atoms with van der Waals surface area (Å²) in [6.07, 6.45) is 0. The van der Waals surface area contributed by atoms with E-state index in [1.165, 1.54) is 12.1 Å². The third kappa shape index (κ3) is 3.52. The number of anilines is 1. The van der Waals surface area contributed by atoms with Gasteiger partial charge >= 0.3 is 0 Å². The normalized spacial score (nSPS) is 11.1. The molecule has 0 saturated carbocycles. The van der Waals surface area contributed by atoms with Crippen LogP contribution in [0.4, 0.5) is 11.4 Å². The van der Waals surface area contributed by atoms with Gasteiger partial charge < -0.3 is 0 Å². The minimum atomic E-state index is -3.95. The molecule has 0 amide bonds. The summed E-state index contributed by atoms with van der Waals surface area (Å²) in [7, 11) is -3.95. The first kappa shape index (κ1) is 15.7. The average molecular weight is 392 g/mol. The van der Waals surface area contributed by atoms with Crippen LogP contribution in [0, 0.1) is 10.1 Å². The number of rotatable bonds is 4. The molecule has 110 valence electrons. The molecule has 0 unspecified atom stereocenters. The maximum atomic E-state index is 12.2. The lowest BCUT2D eigenvalue weighted by Crippen LogP contribution is -2.13. The van der Waals surface area contributed by atoms with Crippen molar-refractivity contribution in [1.82, 2.24) is 0 Å². The first-order valence-corrected chi connectivity index (χ1v) is 8.18. The minimum absolute atomic E-state index is 0.125. The summed E-state index contributed by atoms with van der Waals surface area (Å²) >= 11 is 8.88. The summed E-state index contributed by atoms with van der Waals surface area (Å²) in [5, 5.41) is 10.7. The topological polar surface area (TPSA) is 89.3 Å². The summed E-state index contributed by atoms with van der Waals surface area (Å²) < 4.78 is 27.4. The van der Waals surface area contributed by atoms with Gasteiger partial charge in [-0.2, -0.15) is 0 Å². The van der Waals surface area contributed by atoms with Crippen molar-refractivity contribution in [2.45, 2.75) is 4.90 Å². The highest BCUT2D eigenvalue weighted by Crippen LogP contribution is 2.29. The Labute approximate surface area is 134 Å². The summed E-state index contributed by atoms with van der Waals surface area (Å²) in [4.78, 5) is 9.83. The van der Waals surface area contributed by atoms with Crippen molar-refractivity contribution in [1.29, 1.82) is 0 Å². The maximum Gasteiger partial charge on any atom is 0.289 e. The lowest BCUT2D eigenvalue weighted by molar-refractivity contribution is -0.384. The third-order valence-electron chi connectivity index (χ3n) is 2.54. The smallest absolute Gasteiger partial charge is 0.278 e. The summed E-state index contributed by atoms with van der Waals surface area (Å²) in [5.41, 5.74) is -0.137. The van der Waals surface area contributed by atoms with E-state index in [0.29, 0.717) is 10.2 Å². The highest BCUT2D eigenvalue weighted by molar-refractivity contribution is 9.10. The van der Waals surface area contributed by atoms with Gasteiger partial charge in [-0.25, -0.2) is 8.42 Å². The lowest BCUT2D eigenvalue weighted by Gasteiger charge is -2.09. The van der Waals surface area contributed by atoms with E-state index in [9.17, 15) is 18.5 Å². The summed E-state index contributed by atoms with van der Waals surface area (Å²) in [6.45, 7) is 0. The Kier molecular flexibility index (Phi) is 4.50. The van der Waals surface area contributed by atoms with Crippen molar-refractivity contribution in [2.24, 2.45) is 0 Å². The van der Waals surface area contributed by atoms with Gasteiger partial charge in [0.05, 0.1) is 15.5 Å². The largest absolute Gasteiger partial charge is 0.289 e. The van der Waals surface area contributed by atoms with Gasteiger partial charge in [-0.05, 0) is 40.2 Å². The van der Waals surface area contributed by atoms with Crippen LogP contribution in [0.2, 0.25) is 5.02 Å². The third-order valence-corrected chi connectivity index (χ3v) is 4.92. The number of sulfonamides is 1. The molecule has 0 saturated heterocycles. The van der Waals surface area contributed by atoms with E-state index in [1.807, 2.05) is 0 Å². The zero-order chi connectivity index (χ0) is 15.6. The van der Waals surface area contributed by atoms with Gasteiger partial charge in [0.1, 0.15) is 5.02 Å². The van der Waals surface area contributed by atoms with Crippen LogP contribution in [0.25, 0.3) is 0 Å². The van der Waals surface area contributed by atoms with Gasteiger partial charge in [0.25, 0.3) is 15.7 Å². The van der Waals surface area contributed by atoms with Gasteiger partial charge in [0.15, 0.2) is 0 Å².